The summed E-state index contributed by atoms with van der Waals surface area (Å²) in [6.45, 7) is 2.36. The minimum Gasteiger partial charge on any atom is -0.490 e. The van der Waals surface area contributed by atoms with Gasteiger partial charge in [0.05, 0.1) is 6.61 Å². The Morgan fingerprint density at radius 2 is 1.95 bits per heavy atom. The maximum absolute atomic E-state index is 10.6. The molecule has 7 heteroatoms. The molecule has 0 unspecified atom stereocenters. The predicted octanol–water partition coefficient (Wildman–Crippen LogP) is 1.75. The summed E-state index contributed by atoms with van der Waals surface area (Å²) in [6, 6.07) is 7.14. The van der Waals surface area contributed by atoms with E-state index in [4.69, 9.17) is 19.0 Å². The molecule has 0 aliphatic rings. The second-order valence-corrected chi connectivity index (χ2v) is 3.47. The second-order valence-electron chi connectivity index (χ2n) is 3.47. The highest BCUT2D eigenvalue weighted by molar-refractivity contribution is 5.81. The standard InChI is InChI=1S/C12H12N2O5/c1-2-17-8-5-3-4-6-9(8)18-7-10-13-14-11(19-10)12(15)16/h3-6H,2,7H2,1H3,(H,15,16). The summed E-state index contributed by atoms with van der Waals surface area (Å²) >= 11 is 0. The number of carbonyl (C=O) groups is 1. The molecule has 0 saturated heterocycles. The molecule has 0 saturated carbocycles. The van der Waals surface area contributed by atoms with E-state index in [0.29, 0.717) is 18.1 Å². The van der Waals surface area contributed by atoms with E-state index in [0.717, 1.165) is 0 Å². The van der Waals surface area contributed by atoms with Gasteiger partial charge in [-0.25, -0.2) is 4.79 Å². The van der Waals surface area contributed by atoms with Crippen LogP contribution in [-0.4, -0.2) is 27.9 Å². The minimum atomic E-state index is -1.27. The Morgan fingerprint density at radius 3 is 2.53 bits per heavy atom. The van der Waals surface area contributed by atoms with Crippen molar-refractivity contribution in [3.63, 3.8) is 0 Å². The Balaban J connectivity index is 2.03. The molecule has 0 fully saturated rings. The van der Waals surface area contributed by atoms with E-state index < -0.39 is 11.9 Å². The van der Waals surface area contributed by atoms with Gasteiger partial charge in [-0.1, -0.05) is 12.1 Å². The number of para-hydroxylation sites is 2. The Kier molecular flexibility index (Phi) is 3.97. The van der Waals surface area contributed by atoms with Gasteiger partial charge >= 0.3 is 11.9 Å². The minimum absolute atomic E-state index is 0.0234. The van der Waals surface area contributed by atoms with E-state index in [9.17, 15) is 4.79 Å². The van der Waals surface area contributed by atoms with Crippen molar-refractivity contribution in [2.45, 2.75) is 13.5 Å². The monoisotopic (exact) mass is 264 g/mol. The third-order valence-corrected chi connectivity index (χ3v) is 2.15. The maximum atomic E-state index is 10.6. The summed E-state index contributed by atoms with van der Waals surface area (Å²) in [5.41, 5.74) is 0. The normalized spacial score (nSPS) is 10.2. The third-order valence-electron chi connectivity index (χ3n) is 2.15. The van der Waals surface area contributed by atoms with E-state index in [1.807, 2.05) is 13.0 Å². The van der Waals surface area contributed by atoms with Gasteiger partial charge in [-0.2, -0.15) is 0 Å². The van der Waals surface area contributed by atoms with Gasteiger partial charge < -0.3 is 19.0 Å². The van der Waals surface area contributed by atoms with Crippen LogP contribution in [0.25, 0.3) is 0 Å². The molecular formula is C12H12N2O5. The van der Waals surface area contributed by atoms with Crippen LogP contribution < -0.4 is 9.47 Å². The van der Waals surface area contributed by atoms with Crippen molar-refractivity contribution in [3.8, 4) is 11.5 Å². The number of carboxylic acid groups (broad SMARTS) is 1. The van der Waals surface area contributed by atoms with Crippen LogP contribution >= 0.6 is 0 Å². The molecule has 1 aromatic carbocycles. The van der Waals surface area contributed by atoms with Crippen LogP contribution in [0.2, 0.25) is 0 Å². The fraction of sp³-hybridized carbons (Fsp3) is 0.250. The maximum Gasteiger partial charge on any atom is 0.393 e. The van der Waals surface area contributed by atoms with Crippen molar-refractivity contribution in [2.75, 3.05) is 6.61 Å². The van der Waals surface area contributed by atoms with Crippen LogP contribution in [0.3, 0.4) is 0 Å². The highest BCUT2D eigenvalue weighted by atomic mass is 16.5. The Labute approximate surface area is 108 Å². The molecule has 0 aliphatic heterocycles. The molecule has 19 heavy (non-hydrogen) atoms. The van der Waals surface area contributed by atoms with E-state index in [2.05, 4.69) is 10.2 Å². The number of hydrogen-bond donors (Lipinski definition) is 1. The lowest BCUT2D eigenvalue weighted by atomic mass is 10.3. The van der Waals surface area contributed by atoms with E-state index >= 15 is 0 Å². The quantitative estimate of drug-likeness (QED) is 0.849. The summed E-state index contributed by atoms with van der Waals surface area (Å²) in [5.74, 6) is -0.517. The highest BCUT2D eigenvalue weighted by Crippen LogP contribution is 2.26. The van der Waals surface area contributed by atoms with Crippen LogP contribution in [0, 0.1) is 0 Å². The molecule has 0 amide bonds. The number of aromatic carboxylic acids is 1. The molecular weight excluding hydrogens is 252 g/mol. The zero-order valence-corrected chi connectivity index (χ0v) is 10.2. The molecule has 0 aliphatic carbocycles. The molecule has 2 rings (SSSR count). The smallest absolute Gasteiger partial charge is 0.393 e. The second kappa shape index (κ2) is 5.85. The van der Waals surface area contributed by atoms with Gasteiger partial charge in [-0.05, 0) is 19.1 Å². The van der Waals surface area contributed by atoms with E-state index in [1.165, 1.54) is 0 Å². The third kappa shape index (κ3) is 3.21. The molecule has 0 spiro atoms. The molecule has 1 N–H and O–H groups in total. The topological polar surface area (TPSA) is 94.7 Å². The number of aromatic nitrogens is 2. The van der Waals surface area contributed by atoms with Gasteiger partial charge in [0.2, 0.25) is 0 Å². The molecule has 7 nitrogen and oxygen atoms in total. The summed E-state index contributed by atoms with van der Waals surface area (Å²) in [4.78, 5) is 10.6. The average Bonchev–Trinajstić information content (AvgIpc) is 2.87. The molecule has 0 bridgehead atoms. The van der Waals surface area contributed by atoms with E-state index in [-0.39, 0.29) is 12.5 Å². The summed E-state index contributed by atoms with van der Waals surface area (Å²) in [7, 11) is 0. The van der Waals surface area contributed by atoms with E-state index in [1.54, 1.807) is 18.2 Å². The van der Waals surface area contributed by atoms with Crippen LogP contribution in [0.5, 0.6) is 11.5 Å². The van der Waals surface area contributed by atoms with Crippen LogP contribution in [0.15, 0.2) is 28.7 Å². The first-order valence-electron chi connectivity index (χ1n) is 5.61. The summed E-state index contributed by atoms with van der Waals surface area (Å²) < 4.78 is 15.7. The van der Waals surface area contributed by atoms with Gasteiger partial charge in [0.1, 0.15) is 0 Å². The number of carboxylic acids is 1. The first-order chi connectivity index (χ1) is 9.20. The number of nitrogens with zero attached hydrogens (tertiary/aromatic N) is 2. The van der Waals surface area contributed by atoms with Crippen molar-refractivity contribution >= 4 is 5.97 Å². The van der Waals surface area contributed by atoms with Crippen LogP contribution in [0.4, 0.5) is 0 Å². The van der Waals surface area contributed by atoms with Gasteiger partial charge in [-0.3, -0.25) is 0 Å². The predicted molar refractivity (Wildman–Crippen MR) is 63.2 cm³/mol. The Bertz CT molecular complexity index is 567. The number of hydrogen-bond acceptors (Lipinski definition) is 6. The Morgan fingerprint density at radius 1 is 1.26 bits per heavy atom. The Hall–Kier alpha value is -2.57. The van der Waals surface area contributed by atoms with Gasteiger partial charge in [0.25, 0.3) is 5.89 Å². The zero-order chi connectivity index (χ0) is 13.7. The molecule has 1 heterocycles. The average molecular weight is 264 g/mol. The largest absolute Gasteiger partial charge is 0.490 e. The first kappa shape index (κ1) is 12.9. The lowest BCUT2D eigenvalue weighted by Crippen LogP contribution is -1.99. The summed E-state index contributed by atoms with van der Waals surface area (Å²) in [5, 5.41) is 15.6. The molecule has 0 atom stereocenters. The highest BCUT2D eigenvalue weighted by Gasteiger charge is 2.13. The summed E-state index contributed by atoms with van der Waals surface area (Å²) in [6.07, 6.45) is 0. The fourth-order valence-corrected chi connectivity index (χ4v) is 1.38. The van der Waals surface area contributed by atoms with Crippen molar-refractivity contribution in [1.82, 2.24) is 10.2 Å². The van der Waals surface area contributed by atoms with Crippen molar-refractivity contribution in [3.05, 3.63) is 36.0 Å². The fourth-order valence-electron chi connectivity index (χ4n) is 1.38. The number of rotatable bonds is 6. The van der Waals surface area contributed by atoms with Gasteiger partial charge in [0, 0.05) is 0 Å². The van der Waals surface area contributed by atoms with Gasteiger partial charge in [0.15, 0.2) is 18.1 Å². The SMILES string of the molecule is CCOc1ccccc1OCc1nnc(C(=O)O)o1. The lowest BCUT2D eigenvalue weighted by Gasteiger charge is -2.09. The van der Waals surface area contributed by atoms with Crippen LogP contribution in [-0.2, 0) is 6.61 Å². The van der Waals surface area contributed by atoms with Gasteiger partial charge in [-0.15, -0.1) is 10.2 Å². The number of ether oxygens (including phenoxy) is 2. The first-order valence-corrected chi connectivity index (χ1v) is 5.61. The van der Waals surface area contributed by atoms with Crippen molar-refractivity contribution in [1.29, 1.82) is 0 Å². The van der Waals surface area contributed by atoms with Crippen LogP contribution in [0.1, 0.15) is 23.5 Å². The zero-order valence-electron chi connectivity index (χ0n) is 10.2. The molecule has 0 radical (unpaired) electrons. The van der Waals surface area contributed by atoms with Crippen molar-refractivity contribution in [2.24, 2.45) is 0 Å². The lowest BCUT2D eigenvalue weighted by molar-refractivity contribution is 0.0649. The molecule has 1 aromatic heterocycles. The number of benzene rings is 1. The molecule has 100 valence electrons. The molecule has 2 aromatic rings. The van der Waals surface area contributed by atoms with Crippen molar-refractivity contribution < 1.29 is 23.8 Å².